The van der Waals surface area contributed by atoms with Crippen LogP contribution in [-0.4, -0.2) is 30.6 Å². The number of amides is 1. The summed E-state index contributed by atoms with van der Waals surface area (Å²) in [4.78, 5) is 53.0. The summed E-state index contributed by atoms with van der Waals surface area (Å²) in [5, 5.41) is 0. The molecule has 0 radical (unpaired) electrons. The normalized spacial score (nSPS) is 46.4. The fourth-order valence-electron chi connectivity index (χ4n) is 9.92. The van der Waals surface area contributed by atoms with Gasteiger partial charge in [0.15, 0.2) is 11.6 Å². The number of allylic oxidation sites excluding steroid dienone is 3. The zero-order valence-corrected chi connectivity index (χ0v) is 23.5. The van der Waals surface area contributed by atoms with Crippen molar-refractivity contribution in [2.75, 3.05) is 7.11 Å². The van der Waals surface area contributed by atoms with Crippen molar-refractivity contribution in [2.24, 2.45) is 56.5 Å². The maximum atomic E-state index is 14.3. The number of hydrogen-bond donors (Lipinski definition) is 1. The van der Waals surface area contributed by atoms with E-state index in [-0.39, 0.29) is 63.0 Å². The van der Waals surface area contributed by atoms with E-state index in [0.717, 1.165) is 50.5 Å². The maximum absolute atomic E-state index is 14.3. The monoisotopic (exact) mass is 509 g/mol. The second kappa shape index (κ2) is 7.89. The van der Waals surface area contributed by atoms with Crippen LogP contribution in [0.1, 0.15) is 86.5 Å². The van der Waals surface area contributed by atoms with Gasteiger partial charge in [0, 0.05) is 17.3 Å². The van der Waals surface area contributed by atoms with Crippen LogP contribution >= 0.6 is 0 Å². The summed E-state index contributed by atoms with van der Waals surface area (Å²) in [5.41, 5.74) is 4.95. The van der Waals surface area contributed by atoms with Crippen molar-refractivity contribution in [2.45, 2.75) is 86.5 Å². The molecule has 0 saturated heterocycles. The summed E-state index contributed by atoms with van der Waals surface area (Å²) in [6.45, 7) is 13.0. The molecule has 0 aromatic rings. The summed E-state index contributed by atoms with van der Waals surface area (Å²) in [7, 11) is 1.47. The molecule has 5 aliphatic carbocycles. The molecule has 0 aromatic heterocycles. The van der Waals surface area contributed by atoms with E-state index < -0.39 is 16.7 Å². The lowest BCUT2D eigenvalue weighted by Gasteiger charge is -2.68. The summed E-state index contributed by atoms with van der Waals surface area (Å²) in [6, 6.07) is 0. The zero-order valence-electron chi connectivity index (χ0n) is 23.5. The lowest BCUT2D eigenvalue weighted by Crippen LogP contribution is -2.65. The molecule has 0 heterocycles. The van der Waals surface area contributed by atoms with E-state index in [9.17, 15) is 19.2 Å². The molecule has 2 unspecified atom stereocenters. The van der Waals surface area contributed by atoms with Gasteiger partial charge in [-0.25, -0.2) is 0 Å². The number of primary amides is 1. The number of ether oxygens (including phenoxy) is 1. The number of Topliss-reactive ketones (excluding diaryl/α,β-unsaturated/α-hetero) is 1. The molecule has 0 aromatic carbocycles. The molecule has 3 fully saturated rings. The quantitative estimate of drug-likeness (QED) is 0.419. The highest BCUT2D eigenvalue weighted by atomic mass is 16.5. The van der Waals surface area contributed by atoms with Crippen LogP contribution in [0.4, 0.5) is 0 Å². The van der Waals surface area contributed by atoms with Gasteiger partial charge >= 0.3 is 5.97 Å². The molecular weight excluding hydrogens is 466 g/mol. The summed E-state index contributed by atoms with van der Waals surface area (Å²) >= 11 is 0. The molecule has 1 amide bonds. The predicted molar refractivity (Wildman–Crippen MR) is 140 cm³/mol. The van der Waals surface area contributed by atoms with Gasteiger partial charge in [-0.05, 0) is 79.1 Å². The highest BCUT2D eigenvalue weighted by molar-refractivity contribution is 6.20. The zero-order chi connectivity index (χ0) is 27.3. The number of methoxy groups -OCH3 is 1. The van der Waals surface area contributed by atoms with Crippen molar-refractivity contribution in [3.63, 3.8) is 0 Å². The summed E-state index contributed by atoms with van der Waals surface area (Å²) in [6.07, 6.45) is 9.37. The molecule has 0 bridgehead atoms. The molecule has 6 heteroatoms. The fourth-order valence-corrected chi connectivity index (χ4v) is 9.92. The van der Waals surface area contributed by atoms with Crippen molar-refractivity contribution in [3.05, 3.63) is 23.3 Å². The third kappa shape index (κ3) is 3.22. The molecule has 0 aliphatic heterocycles. The largest absolute Gasteiger partial charge is 0.469 e. The third-order valence-electron chi connectivity index (χ3n) is 12.2. The Hall–Kier alpha value is -2.24. The Morgan fingerprint density at radius 1 is 0.973 bits per heavy atom. The number of ketones is 2. The van der Waals surface area contributed by atoms with Crippen molar-refractivity contribution in [3.8, 4) is 0 Å². The van der Waals surface area contributed by atoms with Gasteiger partial charge in [-0.15, -0.1) is 0 Å². The van der Waals surface area contributed by atoms with E-state index in [1.165, 1.54) is 7.11 Å². The van der Waals surface area contributed by atoms with E-state index in [1.807, 2.05) is 13.0 Å². The molecule has 3 saturated carbocycles. The molecule has 6 nitrogen and oxygen atoms in total. The molecule has 2 N–H and O–H groups in total. The molecule has 202 valence electrons. The van der Waals surface area contributed by atoms with Gasteiger partial charge < -0.3 is 10.5 Å². The molecule has 5 aliphatic rings. The smallest absolute Gasteiger partial charge is 0.312 e. The maximum Gasteiger partial charge on any atom is 0.312 e. The number of carbonyl (C=O) groups excluding carboxylic acids is 4. The number of carbonyl (C=O) groups is 4. The van der Waals surface area contributed by atoms with Gasteiger partial charge in [0.1, 0.15) is 0 Å². The van der Waals surface area contributed by atoms with Crippen LogP contribution in [0.25, 0.3) is 0 Å². The van der Waals surface area contributed by atoms with E-state index >= 15 is 0 Å². The van der Waals surface area contributed by atoms with E-state index in [1.54, 1.807) is 6.08 Å². The first-order valence-corrected chi connectivity index (χ1v) is 14.0. The lowest BCUT2D eigenvalue weighted by atomic mass is 9.35. The Balaban J connectivity index is 1.69. The van der Waals surface area contributed by atoms with Crippen LogP contribution in [0.5, 0.6) is 0 Å². The topological polar surface area (TPSA) is 104 Å². The van der Waals surface area contributed by atoms with Gasteiger partial charge in [0.25, 0.3) is 5.91 Å². The number of rotatable bonds is 2. The Morgan fingerprint density at radius 3 is 2.24 bits per heavy atom. The molecular formula is C31H43NO5. The lowest BCUT2D eigenvalue weighted by molar-refractivity contribution is -0.190. The van der Waals surface area contributed by atoms with Gasteiger partial charge in [0.05, 0.1) is 18.1 Å². The standard InChI is InChI=1S/C31H43NO5/c1-17-19-8-9-29(5)22(28(19,4)15-18(24(17)34)25(32)35)14-21(33)23-20-16-27(2,3)10-12-31(20,26(36)37-7)13-11-30(23,29)6/h14-15,17,19-20,23H,8-13,16H2,1-7H3,(H2,32,35)/t17-,19-,20?,23?,28-,29+,30+,31-/m0/s1. The Morgan fingerprint density at radius 2 is 1.62 bits per heavy atom. The van der Waals surface area contributed by atoms with Crippen molar-refractivity contribution >= 4 is 23.4 Å². The van der Waals surface area contributed by atoms with Gasteiger partial charge in [0.2, 0.25) is 0 Å². The van der Waals surface area contributed by atoms with Gasteiger partial charge in [-0.2, -0.15) is 0 Å². The number of hydrogen-bond acceptors (Lipinski definition) is 5. The van der Waals surface area contributed by atoms with Crippen LogP contribution in [0.15, 0.2) is 23.3 Å². The second-order valence-corrected chi connectivity index (χ2v) is 14.3. The Kier molecular flexibility index (Phi) is 5.62. The average Bonchev–Trinajstić information content (AvgIpc) is 2.82. The minimum atomic E-state index is -0.694. The second-order valence-electron chi connectivity index (χ2n) is 14.3. The van der Waals surface area contributed by atoms with Crippen LogP contribution in [0, 0.1) is 50.7 Å². The minimum Gasteiger partial charge on any atom is -0.469 e. The van der Waals surface area contributed by atoms with Crippen LogP contribution in [0.2, 0.25) is 0 Å². The number of fused-ring (bicyclic) bond motifs is 7. The Bertz CT molecular complexity index is 1160. The SMILES string of the molecule is COC(=O)[C@]12CCC(C)(C)CC1C1C(=O)C=C3[C@@]4(C)C=C(C(N)=O)C(=O)[C@@H](C)[C@@H]4CC[C@@]3(C)[C@]1(C)CC2. The van der Waals surface area contributed by atoms with Crippen molar-refractivity contribution < 1.29 is 23.9 Å². The highest BCUT2D eigenvalue weighted by Gasteiger charge is 2.70. The number of nitrogens with two attached hydrogens (primary N) is 1. The molecule has 5 rings (SSSR count). The highest BCUT2D eigenvalue weighted by Crippen LogP contribution is 2.73. The van der Waals surface area contributed by atoms with Crippen LogP contribution in [-0.2, 0) is 23.9 Å². The molecule has 0 spiro atoms. The van der Waals surface area contributed by atoms with Crippen LogP contribution in [0.3, 0.4) is 0 Å². The van der Waals surface area contributed by atoms with Crippen molar-refractivity contribution in [1.29, 1.82) is 0 Å². The fraction of sp³-hybridized carbons (Fsp3) is 0.742. The first kappa shape index (κ1) is 26.4. The number of esters is 1. The van der Waals surface area contributed by atoms with Gasteiger partial charge in [-0.3, -0.25) is 19.2 Å². The first-order chi connectivity index (χ1) is 17.1. The predicted octanol–water partition coefficient (Wildman–Crippen LogP) is 4.95. The van der Waals surface area contributed by atoms with Crippen LogP contribution < -0.4 is 5.73 Å². The average molecular weight is 510 g/mol. The minimum absolute atomic E-state index is 0.0155. The third-order valence-corrected chi connectivity index (χ3v) is 12.2. The van der Waals surface area contributed by atoms with E-state index in [2.05, 4.69) is 34.6 Å². The molecule has 37 heavy (non-hydrogen) atoms. The summed E-state index contributed by atoms with van der Waals surface area (Å²) in [5.74, 6) is -1.60. The Labute approximate surface area is 220 Å². The van der Waals surface area contributed by atoms with Gasteiger partial charge in [-0.1, -0.05) is 53.2 Å². The molecule has 8 atom stereocenters. The van der Waals surface area contributed by atoms with E-state index in [4.69, 9.17) is 10.5 Å². The summed E-state index contributed by atoms with van der Waals surface area (Å²) < 4.78 is 5.39. The van der Waals surface area contributed by atoms with E-state index in [0.29, 0.717) is 0 Å². The van der Waals surface area contributed by atoms with Crippen molar-refractivity contribution in [1.82, 2.24) is 0 Å². The first-order valence-electron chi connectivity index (χ1n) is 14.0.